The Hall–Kier alpha value is -0.600. The number of pyridine rings is 1. The van der Waals surface area contributed by atoms with E-state index in [0.29, 0.717) is 5.92 Å². The Balaban J connectivity index is 0.00000144. The van der Waals surface area contributed by atoms with Crippen LogP contribution in [0.15, 0.2) is 24.5 Å². The molecule has 0 radical (unpaired) electrons. The van der Waals surface area contributed by atoms with Crippen LogP contribution >= 0.6 is 12.4 Å². The predicted octanol–water partition coefficient (Wildman–Crippen LogP) is 2.55. The van der Waals surface area contributed by atoms with Crippen molar-refractivity contribution in [3.8, 4) is 0 Å². The molecule has 0 amide bonds. The van der Waals surface area contributed by atoms with E-state index in [4.69, 9.17) is 5.73 Å². The van der Waals surface area contributed by atoms with Crippen molar-refractivity contribution in [1.29, 1.82) is 0 Å². The number of rotatable bonds is 3. The Kier molecular flexibility index (Phi) is 5.67. The molecule has 0 unspecified atom stereocenters. The molecule has 2 N–H and O–H groups in total. The summed E-state index contributed by atoms with van der Waals surface area (Å²) in [4.78, 5) is 4.03. The van der Waals surface area contributed by atoms with Crippen molar-refractivity contribution in [3.05, 3.63) is 30.1 Å². The van der Waals surface area contributed by atoms with Gasteiger partial charge in [0.1, 0.15) is 0 Å². The quantitative estimate of drug-likeness (QED) is 0.815. The molecule has 0 aliphatic carbocycles. The summed E-state index contributed by atoms with van der Waals surface area (Å²) < 4.78 is 0. The summed E-state index contributed by atoms with van der Waals surface area (Å²) in [5, 5.41) is 0. The molecular formula is C10H17ClN2. The highest BCUT2D eigenvalue weighted by Crippen LogP contribution is 2.16. The summed E-state index contributed by atoms with van der Waals surface area (Å²) in [5.41, 5.74) is 7.09. The van der Waals surface area contributed by atoms with Crippen molar-refractivity contribution in [2.45, 2.75) is 26.3 Å². The number of nitrogens with zero attached hydrogens (tertiary/aromatic N) is 1. The molecule has 0 spiro atoms. The molecule has 1 rings (SSSR count). The van der Waals surface area contributed by atoms with Crippen molar-refractivity contribution in [2.75, 3.05) is 0 Å². The van der Waals surface area contributed by atoms with Gasteiger partial charge in [0.05, 0.1) is 0 Å². The zero-order valence-electron chi connectivity index (χ0n) is 8.10. The molecule has 0 aliphatic heterocycles. The monoisotopic (exact) mass is 200 g/mol. The van der Waals surface area contributed by atoms with Crippen LogP contribution in [0.1, 0.15) is 31.9 Å². The summed E-state index contributed by atoms with van der Waals surface area (Å²) in [7, 11) is 0. The summed E-state index contributed by atoms with van der Waals surface area (Å²) in [6.45, 7) is 4.35. The number of aromatic nitrogens is 1. The van der Waals surface area contributed by atoms with Gasteiger partial charge in [0, 0.05) is 18.4 Å². The van der Waals surface area contributed by atoms with Crippen LogP contribution in [0.4, 0.5) is 0 Å². The van der Waals surface area contributed by atoms with E-state index in [2.05, 4.69) is 18.8 Å². The third kappa shape index (κ3) is 4.25. The second-order valence-corrected chi connectivity index (χ2v) is 3.52. The third-order valence-electron chi connectivity index (χ3n) is 1.84. The lowest BCUT2D eigenvalue weighted by molar-refractivity contribution is 0.509. The molecule has 1 atom stereocenters. The molecule has 1 aromatic heterocycles. The standard InChI is InChI=1S/C10H16N2.ClH/c1-8(2)6-10(11)9-4-3-5-12-7-9;/h3-5,7-8,10H,6,11H2,1-2H3;1H/t10-;/m0./s1. The van der Waals surface area contributed by atoms with Crippen LogP contribution in [0.2, 0.25) is 0 Å². The van der Waals surface area contributed by atoms with E-state index in [1.54, 1.807) is 6.20 Å². The highest BCUT2D eigenvalue weighted by atomic mass is 35.5. The number of nitrogens with two attached hydrogens (primary N) is 1. The molecule has 0 bridgehead atoms. The molecule has 0 saturated carbocycles. The topological polar surface area (TPSA) is 38.9 Å². The Morgan fingerprint density at radius 1 is 1.46 bits per heavy atom. The molecule has 74 valence electrons. The van der Waals surface area contributed by atoms with E-state index in [9.17, 15) is 0 Å². The van der Waals surface area contributed by atoms with E-state index in [1.165, 1.54) is 0 Å². The van der Waals surface area contributed by atoms with Crippen molar-refractivity contribution in [2.24, 2.45) is 11.7 Å². The van der Waals surface area contributed by atoms with Crippen LogP contribution in [0.3, 0.4) is 0 Å². The average Bonchev–Trinajstić information content (AvgIpc) is 2.05. The van der Waals surface area contributed by atoms with Crippen LogP contribution in [-0.4, -0.2) is 4.98 Å². The van der Waals surface area contributed by atoms with Gasteiger partial charge in [-0.2, -0.15) is 0 Å². The molecule has 1 heterocycles. The number of halogens is 1. The molecule has 1 aromatic rings. The first-order chi connectivity index (χ1) is 5.70. The number of hydrogen-bond donors (Lipinski definition) is 1. The minimum absolute atomic E-state index is 0. The lowest BCUT2D eigenvalue weighted by atomic mass is 9.99. The SMILES string of the molecule is CC(C)C[C@H](N)c1cccnc1.Cl. The molecule has 13 heavy (non-hydrogen) atoms. The normalized spacial score (nSPS) is 12.3. The van der Waals surface area contributed by atoms with Crippen LogP contribution < -0.4 is 5.73 Å². The van der Waals surface area contributed by atoms with Crippen LogP contribution in [0.25, 0.3) is 0 Å². The van der Waals surface area contributed by atoms with Crippen molar-refractivity contribution < 1.29 is 0 Å². The van der Waals surface area contributed by atoms with E-state index in [1.807, 2.05) is 18.3 Å². The fourth-order valence-corrected chi connectivity index (χ4v) is 1.24. The molecule has 0 aromatic carbocycles. The van der Waals surface area contributed by atoms with Gasteiger partial charge < -0.3 is 5.73 Å². The van der Waals surface area contributed by atoms with Crippen molar-refractivity contribution >= 4 is 12.4 Å². The van der Waals surface area contributed by atoms with Gasteiger partial charge in [-0.15, -0.1) is 12.4 Å². The Morgan fingerprint density at radius 3 is 2.62 bits per heavy atom. The fraction of sp³-hybridized carbons (Fsp3) is 0.500. The maximum atomic E-state index is 5.96. The maximum absolute atomic E-state index is 5.96. The van der Waals surface area contributed by atoms with Gasteiger partial charge >= 0.3 is 0 Å². The minimum atomic E-state index is 0. The second kappa shape index (κ2) is 5.95. The highest BCUT2D eigenvalue weighted by Gasteiger charge is 2.06. The molecule has 0 saturated heterocycles. The molecule has 2 nitrogen and oxygen atoms in total. The number of hydrogen-bond acceptors (Lipinski definition) is 2. The third-order valence-corrected chi connectivity index (χ3v) is 1.84. The Bertz CT molecular complexity index is 224. The van der Waals surface area contributed by atoms with Crippen LogP contribution in [-0.2, 0) is 0 Å². The lowest BCUT2D eigenvalue weighted by Gasteiger charge is -2.13. The first-order valence-corrected chi connectivity index (χ1v) is 4.35. The van der Waals surface area contributed by atoms with Crippen molar-refractivity contribution in [1.82, 2.24) is 4.98 Å². The van der Waals surface area contributed by atoms with Gasteiger partial charge in [-0.3, -0.25) is 4.98 Å². The second-order valence-electron chi connectivity index (χ2n) is 3.52. The van der Waals surface area contributed by atoms with Gasteiger partial charge in [0.15, 0.2) is 0 Å². The van der Waals surface area contributed by atoms with Crippen molar-refractivity contribution in [3.63, 3.8) is 0 Å². The summed E-state index contributed by atoms with van der Waals surface area (Å²) in [6.07, 6.45) is 4.63. The lowest BCUT2D eigenvalue weighted by Crippen LogP contribution is -2.12. The zero-order valence-corrected chi connectivity index (χ0v) is 8.92. The van der Waals surface area contributed by atoms with Crippen LogP contribution in [0, 0.1) is 5.92 Å². The van der Waals surface area contributed by atoms with Gasteiger partial charge in [-0.1, -0.05) is 19.9 Å². The first kappa shape index (κ1) is 12.4. The Labute approximate surface area is 86.0 Å². The van der Waals surface area contributed by atoms with Gasteiger partial charge in [-0.25, -0.2) is 0 Å². The molecular weight excluding hydrogens is 184 g/mol. The van der Waals surface area contributed by atoms with E-state index >= 15 is 0 Å². The van der Waals surface area contributed by atoms with Gasteiger partial charge in [0.2, 0.25) is 0 Å². The fourth-order valence-electron chi connectivity index (χ4n) is 1.24. The summed E-state index contributed by atoms with van der Waals surface area (Å²) in [6, 6.07) is 4.09. The predicted molar refractivity (Wildman–Crippen MR) is 57.9 cm³/mol. The molecule has 0 fully saturated rings. The average molecular weight is 201 g/mol. The summed E-state index contributed by atoms with van der Waals surface area (Å²) >= 11 is 0. The van der Waals surface area contributed by atoms with E-state index < -0.39 is 0 Å². The Morgan fingerprint density at radius 2 is 2.15 bits per heavy atom. The summed E-state index contributed by atoms with van der Waals surface area (Å²) in [5.74, 6) is 0.639. The van der Waals surface area contributed by atoms with Crippen LogP contribution in [0.5, 0.6) is 0 Å². The van der Waals surface area contributed by atoms with Gasteiger partial charge in [-0.05, 0) is 24.0 Å². The smallest absolute Gasteiger partial charge is 0.0315 e. The maximum Gasteiger partial charge on any atom is 0.0315 e. The van der Waals surface area contributed by atoms with Gasteiger partial charge in [0.25, 0.3) is 0 Å². The largest absolute Gasteiger partial charge is 0.324 e. The minimum Gasteiger partial charge on any atom is -0.324 e. The van der Waals surface area contributed by atoms with E-state index in [0.717, 1.165) is 12.0 Å². The first-order valence-electron chi connectivity index (χ1n) is 4.35. The molecule has 3 heteroatoms. The zero-order chi connectivity index (χ0) is 8.97. The van der Waals surface area contributed by atoms with E-state index in [-0.39, 0.29) is 18.4 Å². The molecule has 0 aliphatic rings. The highest BCUT2D eigenvalue weighted by molar-refractivity contribution is 5.85.